The summed E-state index contributed by atoms with van der Waals surface area (Å²) in [5.74, 6) is 0.249. The molecule has 0 bridgehead atoms. The smallest absolute Gasteiger partial charge is 0.227 e. The van der Waals surface area contributed by atoms with Crippen LogP contribution in [0, 0.1) is 18.3 Å². The molecule has 1 aliphatic heterocycles. The molecule has 1 aliphatic rings. The fourth-order valence-corrected chi connectivity index (χ4v) is 3.21. The normalized spacial score (nSPS) is 17.8. The lowest BCUT2D eigenvalue weighted by molar-refractivity contribution is -0.135. The Balaban J connectivity index is 2.15. The molecule has 25 heavy (non-hydrogen) atoms. The number of hydrogen-bond acceptors (Lipinski definition) is 4. The minimum absolute atomic E-state index is 0.0102. The number of carbonyl (C=O) groups excluding carboxylic acids is 2. The number of methoxy groups -OCH3 is 1. The molecule has 6 nitrogen and oxygen atoms in total. The van der Waals surface area contributed by atoms with Gasteiger partial charge in [0.25, 0.3) is 0 Å². The molecule has 0 aliphatic carbocycles. The molecule has 0 spiro atoms. The summed E-state index contributed by atoms with van der Waals surface area (Å²) in [6.45, 7) is 7.47. The summed E-state index contributed by atoms with van der Waals surface area (Å²) in [5, 5.41) is 0. The van der Waals surface area contributed by atoms with E-state index in [1.54, 1.807) is 24.0 Å². The molecule has 2 amide bonds. The van der Waals surface area contributed by atoms with Gasteiger partial charge in [0.05, 0.1) is 18.7 Å². The van der Waals surface area contributed by atoms with Crippen LogP contribution in [0.15, 0.2) is 18.2 Å². The second kappa shape index (κ2) is 7.44. The van der Waals surface area contributed by atoms with Gasteiger partial charge < -0.3 is 20.3 Å². The van der Waals surface area contributed by atoms with Gasteiger partial charge in [-0.1, -0.05) is 19.9 Å². The lowest BCUT2D eigenvalue weighted by Gasteiger charge is -2.30. The highest BCUT2D eigenvalue weighted by molar-refractivity contribution is 6.01. The molecule has 2 rings (SSSR count). The fourth-order valence-electron chi connectivity index (χ4n) is 3.21. The molecule has 0 radical (unpaired) electrons. The van der Waals surface area contributed by atoms with Crippen molar-refractivity contribution in [1.82, 2.24) is 4.90 Å². The monoisotopic (exact) mass is 347 g/mol. The number of hydrogen-bond donors (Lipinski definition) is 1. The summed E-state index contributed by atoms with van der Waals surface area (Å²) >= 11 is 0. The Bertz CT molecular complexity index is 657. The van der Waals surface area contributed by atoms with Crippen LogP contribution in [-0.4, -0.2) is 50.5 Å². The fraction of sp³-hybridized carbons (Fsp3) is 0.579. The number of aryl methyl sites for hydroxylation is 1. The van der Waals surface area contributed by atoms with Crippen molar-refractivity contribution in [2.75, 3.05) is 38.7 Å². The first kappa shape index (κ1) is 19.2. The maximum Gasteiger partial charge on any atom is 0.227 e. The topological polar surface area (TPSA) is 75.9 Å². The Morgan fingerprint density at radius 3 is 2.72 bits per heavy atom. The highest BCUT2D eigenvalue weighted by Crippen LogP contribution is 2.34. The van der Waals surface area contributed by atoms with E-state index in [-0.39, 0.29) is 29.6 Å². The number of benzene rings is 1. The zero-order valence-electron chi connectivity index (χ0n) is 15.8. The molecule has 1 saturated heterocycles. The number of ether oxygens (including phenoxy) is 1. The second-order valence-corrected chi connectivity index (χ2v) is 7.64. The molecule has 138 valence electrons. The average molecular weight is 347 g/mol. The van der Waals surface area contributed by atoms with Gasteiger partial charge in [-0.25, -0.2) is 0 Å². The van der Waals surface area contributed by atoms with Crippen LogP contribution in [0.5, 0.6) is 5.75 Å². The maximum atomic E-state index is 12.8. The zero-order valence-corrected chi connectivity index (χ0v) is 15.8. The second-order valence-electron chi connectivity index (χ2n) is 7.64. The van der Waals surface area contributed by atoms with Gasteiger partial charge in [0, 0.05) is 26.6 Å². The van der Waals surface area contributed by atoms with Gasteiger partial charge in [0.1, 0.15) is 5.75 Å². The molecule has 6 heteroatoms. The van der Waals surface area contributed by atoms with Gasteiger partial charge in [-0.05, 0) is 36.6 Å². The zero-order chi connectivity index (χ0) is 18.8. The summed E-state index contributed by atoms with van der Waals surface area (Å²) in [7, 11) is 3.36. The maximum absolute atomic E-state index is 12.8. The Labute approximate surface area is 149 Å². The van der Waals surface area contributed by atoms with E-state index in [0.29, 0.717) is 25.4 Å². The van der Waals surface area contributed by atoms with Crippen LogP contribution in [0.25, 0.3) is 0 Å². The predicted octanol–water partition coefficient (Wildman–Crippen LogP) is 1.80. The molecule has 2 N–H and O–H groups in total. The summed E-state index contributed by atoms with van der Waals surface area (Å²) in [6, 6.07) is 5.71. The average Bonchev–Trinajstić information content (AvgIpc) is 2.95. The van der Waals surface area contributed by atoms with E-state index in [9.17, 15) is 9.59 Å². The first-order valence-corrected chi connectivity index (χ1v) is 8.58. The van der Waals surface area contributed by atoms with E-state index in [4.69, 9.17) is 10.5 Å². The summed E-state index contributed by atoms with van der Waals surface area (Å²) in [6.07, 6.45) is 0.226. The SMILES string of the molecule is COc1ccc(C)cc1N1CC(C(=O)N(C)CC(C)(C)CN)CC1=O. The van der Waals surface area contributed by atoms with Crippen molar-refractivity contribution in [2.24, 2.45) is 17.1 Å². The van der Waals surface area contributed by atoms with Gasteiger partial charge in [0.2, 0.25) is 11.8 Å². The van der Waals surface area contributed by atoms with Gasteiger partial charge >= 0.3 is 0 Å². The number of anilines is 1. The first-order chi connectivity index (χ1) is 11.7. The van der Waals surface area contributed by atoms with Gasteiger partial charge in [0.15, 0.2) is 0 Å². The summed E-state index contributed by atoms with van der Waals surface area (Å²) < 4.78 is 5.38. The van der Waals surface area contributed by atoms with Crippen molar-refractivity contribution in [3.05, 3.63) is 23.8 Å². The minimum atomic E-state index is -0.337. The van der Waals surface area contributed by atoms with Crippen LogP contribution in [0.4, 0.5) is 5.69 Å². The van der Waals surface area contributed by atoms with E-state index in [2.05, 4.69) is 0 Å². The highest BCUT2D eigenvalue weighted by atomic mass is 16.5. The quantitative estimate of drug-likeness (QED) is 0.851. The molecular weight excluding hydrogens is 318 g/mol. The number of amides is 2. The highest BCUT2D eigenvalue weighted by Gasteiger charge is 2.38. The summed E-state index contributed by atoms with van der Waals surface area (Å²) in [4.78, 5) is 28.6. The first-order valence-electron chi connectivity index (χ1n) is 8.58. The largest absolute Gasteiger partial charge is 0.495 e. The van der Waals surface area contributed by atoms with Crippen LogP contribution in [0.2, 0.25) is 0 Å². The van der Waals surface area contributed by atoms with E-state index in [1.165, 1.54) is 0 Å². The van der Waals surface area contributed by atoms with Crippen molar-refractivity contribution >= 4 is 17.5 Å². The Kier molecular flexibility index (Phi) is 5.72. The van der Waals surface area contributed by atoms with Gasteiger partial charge in [-0.15, -0.1) is 0 Å². The van der Waals surface area contributed by atoms with Gasteiger partial charge in [-0.3, -0.25) is 9.59 Å². The third-order valence-electron chi connectivity index (χ3n) is 4.69. The van der Waals surface area contributed by atoms with Crippen molar-refractivity contribution in [3.8, 4) is 5.75 Å². The third kappa shape index (κ3) is 4.31. The van der Waals surface area contributed by atoms with Crippen molar-refractivity contribution in [1.29, 1.82) is 0 Å². The standard InChI is InChI=1S/C19H29N3O3/c1-13-6-7-16(25-5)15(8-13)22-10-14(9-17(22)23)18(24)21(4)12-19(2,3)11-20/h6-8,14H,9-12,20H2,1-5H3. The van der Waals surface area contributed by atoms with Crippen LogP contribution >= 0.6 is 0 Å². The number of rotatable bonds is 6. The van der Waals surface area contributed by atoms with Crippen molar-refractivity contribution in [2.45, 2.75) is 27.2 Å². The molecule has 1 aromatic rings. The lowest BCUT2D eigenvalue weighted by Crippen LogP contribution is -2.42. The van der Waals surface area contributed by atoms with Gasteiger partial charge in [-0.2, -0.15) is 0 Å². The number of nitrogens with two attached hydrogens (primary N) is 1. The molecule has 0 aromatic heterocycles. The Morgan fingerprint density at radius 1 is 1.44 bits per heavy atom. The van der Waals surface area contributed by atoms with Crippen LogP contribution < -0.4 is 15.4 Å². The van der Waals surface area contributed by atoms with Crippen LogP contribution in [0.1, 0.15) is 25.8 Å². The van der Waals surface area contributed by atoms with E-state index in [0.717, 1.165) is 11.3 Å². The number of nitrogens with zero attached hydrogens (tertiary/aromatic N) is 2. The Morgan fingerprint density at radius 2 is 2.12 bits per heavy atom. The number of carbonyl (C=O) groups is 2. The third-order valence-corrected chi connectivity index (χ3v) is 4.69. The van der Waals surface area contributed by atoms with E-state index >= 15 is 0 Å². The molecular formula is C19H29N3O3. The van der Waals surface area contributed by atoms with Crippen LogP contribution in [-0.2, 0) is 9.59 Å². The Hall–Kier alpha value is -2.08. The van der Waals surface area contributed by atoms with E-state index < -0.39 is 0 Å². The molecule has 1 atom stereocenters. The van der Waals surface area contributed by atoms with Crippen LogP contribution in [0.3, 0.4) is 0 Å². The van der Waals surface area contributed by atoms with Crippen molar-refractivity contribution in [3.63, 3.8) is 0 Å². The molecule has 1 fully saturated rings. The molecule has 1 aromatic carbocycles. The molecule has 1 unspecified atom stereocenters. The summed E-state index contributed by atoms with van der Waals surface area (Å²) in [5.41, 5.74) is 7.39. The molecule has 0 saturated carbocycles. The predicted molar refractivity (Wildman–Crippen MR) is 98.7 cm³/mol. The minimum Gasteiger partial charge on any atom is -0.495 e. The van der Waals surface area contributed by atoms with Crippen molar-refractivity contribution < 1.29 is 14.3 Å². The van der Waals surface area contributed by atoms with E-state index in [1.807, 2.05) is 39.0 Å². The lowest BCUT2D eigenvalue weighted by atomic mass is 9.92. The molecule has 1 heterocycles.